The summed E-state index contributed by atoms with van der Waals surface area (Å²) < 4.78 is 39.3. The zero-order chi connectivity index (χ0) is 15.8. The molecule has 1 aliphatic rings. The second-order valence-corrected chi connectivity index (χ2v) is 6.88. The maximum atomic E-state index is 13.3. The van der Waals surface area contributed by atoms with Crippen molar-refractivity contribution >= 4 is 16.0 Å². The Morgan fingerprint density at radius 3 is 2.76 bits per heavy atom. The second-order valence-electron chi connectivity index (χ2n) is 5.01. The Hall–Kier alpha value is -1.98. The average Bonchev–Trinajstić information content (AvgIpc) is 2.83. The zero-order valence-corrected chi connectivity index (χ0v) is 12.0. The number of benzene rings is 1. The third-order valence-corrected chi connectivity index (χ3v) is 5.70. The Balaban J connectivity index is 2.53. The van der Waals surface area contributed by atoms with Crippen LogP contribution in [-0.2, 0) is 14.8 Å². The van der Waals surface area contributed by atoms with E-state index in [9.17, 15) is 22.7 Å². The van der Waals surface area contributed by atoms with Crippen LogP contribution in [0, 0.1) is 17.1 Å². The summed E-state index contributed by atoms with van der Waals surface area (Å²) in [7, 11) is -4.11. The van der Waals surface area contributed by atoms with E-state index < -0.39 is 32.9 Å². The Labute approximate surface area is 121 Å². The molecule has 0 bridgehead atoms. The molecule has 2 rings (SSSR count). The number of nitrogens with zero attached hydrogens (tertiary/aromatic N) is 2. The molecule has 1 aromatic rings. The third kappa shape index (κ3) is 2.39. The van der Waals surface area contributed by atoms with E-state index in [2.05, 4.69) is 0 Å². The topological polar surface area (TPSA) is 98.5 Å². The van der Waals surface area contributed by atoms with Crippen LogP contribution >= 0.6 is 0 Å². The molecule has 1 fully saturated rings. The fraction of sp³-hybridized carbons (Fsp3) is 0.385. The molecule has 1 unspecified atom stereocenters. The van der Waals surface area contributed by atoms with Gasteiger partial charge in [0.2, 0.25) is 10.0 Å². The lowest BCUT2D eigenvalue weighted by atomic mass is 10.0. The van der Waals surface area contributed by atoms with Gasteiger partial charge in [-0.05, 0) is 38.0 Å². The summed E-state index contributed by atoms with van der Waals surface area (Å²) in [6.07, 6.45) is 0.627. The van der Waals surface area contributed by atoms with Crippen LogP contribution in [0.25, 0.3) is 0 Å². The van der Waals surface area contributed by atoms with Gasteiger partial charge >= 0.3 is 5.97 Å². The lowest BCUT2D eigenvalue weighted by Crippen LogP contribution is -2.50. The number of carboxylic acid groups (broad SMARTS) is 1. The standard InChI is InChI=1S/C13H13FN2O4S/c1-13(12(17)18)5-2-6-16(13)21(19,20)10-3-4-11(14)9(7-10)8-15/h3-4,7H,2,5-6H2,1H3,(H,17,18). The summed E-state index contributed by atoms with van der Waals surface area (Å²) in [6, 6.07) is 4.41. The predicted molar refractivity (Wildman–Crippen MR) is 70.3 cm³/mol. The third-order valence-electron chi connectivity index (χ3n) is 3.68. The summed E-state index contributed by atoms with van der Waals surface area (Å²) in [5.74, 6) is -2.05. The number of carbonyl (C=O) groups is 1. The largest absolute Gasteiger partial charge is 0.480 e. The van der Waals surface area contributed by atoms with Gasteiger partial charge in [0.05, 0.1) is 10.5 Å². The van der Waals surface area contributed by atoms with Crippen LogP contribution in [0.2, 0.25) is 0 Å². The monoisotopic (exact) mass is 312 g/mol. The molecule has 0 aliphatic carbocycles. The number of hydrogen-bond donors (Lipinski definition) is 1. The number of nitriles is 1. The first-order valence-electron chi connectivity index (χ1n) is 6.19. The molecular weight excluding hydrogens is 299 g/mol. The van der Waals surface area contributed by atoms with Crippen molar-refractivity contribution < 1.29 is 22.7 Å². The first-order valence-corrected chi connectivity index (χ1v) is 7.63. The summed E-state index contributed by atoms with van der Waals surface area (Å²) >= 11 is 0. The highest BCUT2D eigenvalue weighted by Crippen LogP contribution is 2.35. The number of aliphatic carboxylic acids is 1. The van der Waals surface area contributed by atoms with E-state index in [1.54, 1.807) is 6.07 Å². The molecule has 0 spiro atoms. The van der Waals surface area contributed by atoms with Crippen LogP contribution in [0.15, 0.2) is 23.1 Å². The van der Waals surface area contributed by atoms with Crippen LogP contribution in [0.5, 0.6) is 0 Å². The number of rotatable bonds is 3. The number of halogens is 1. The molecule has 0 saturated carbocycles. The van der Waals surface area contributed by atoms with Gasteiger partial charge in [0.15, 0.2) is 0 Å². The SMILES string of the molecule is CC1(C(=O)O)CCCN1S(=O)(=O)c1ccc(F)c(C#N)c1. The lowest BCUT2D eigenvalue weighted by Gasteiger charge is -2.30. The quantitative estimate of drug-likeness (QED) is 0.907. The Morgan fingerprint density at radius 2 is 2.19 bits per heavy atom. The smallest absolute Gasteiger partial charge is 0.324 e. The Bertz CT molecular complexity index is 741. The van der Waals surface area contributed by atoms with Gasteiger partial charge in [-0.3, -0.25) is 4.79 Å². The van der Waals surface area contributed by atoms with E-state index in [0.717, 1.165) is 22.5 Å². The van der Waals surface area contributed by atoms with Crippen molar-refractivity contribution in [3.63, 3.8) is 0 Å². The van der Waals surface area contributed by atoms with Gasteiger partial charge in [0.1, 0.15) is 17.4 Å². The highest BCUT2D eigenvalue weighted by atomic mass is 32.2. The lowest BCUT2D eigenvalue weighted by molar-refractivity contribution is -0.146. The number of carboxylic acids is 1. The van der Waals surface area contributed by atoms with Gasteiger partial charge in [-0.15, -0.1) is 0 Å². The van der Waals surface area contributed by atoms with Crippen molar-refractivity contribution in [2.24, 2.45) is 0 Å². The molecule has 1 saturated heterocycles. The van der Waals surface area contributed by atoms with Crippen molar-refractivity contribution in [3.05, 3.63) is 29.6 Å². The van der Waals surface area contributed by atoms with E-state index >= 15 is 0 Å². The molecule has 0 amide bonds. The number of sulfonamides is 1. The van der Waals surface area contributed by atoms with Crippen molar-refractivity contribution in [2.45, 2.75) is 30.2 Å². The summed E-state index contributed by atoms with van der Waals surface area (Å²) in [6.45, 7) is 1.42. The first-order chi connectivity index (χ1) is 9.73. The predicted octanol–water partition coefficient (Wildman–Crippen LogP) is 1.33. The molecular formula is C13H13FN2O4S. The summed E-state index contributed by atoms with van der Waals surface area (Å²) in [5, 5.41) is 18.1. The summed E-state index contributed by atoms with van der Waals surface area (Å²) in [4.78, 5) is 11.1. The minimum Gasteiger partial charge on any atom is -0.480 e. The number of hydrogen-bond acceptors (Lipinski definition) is 4. The average molecular weight is 312 g/mol. The maximum absolute atomic E-state index is 13.3. The van der Waals surface area contributed by atoms with E-state index in [1.165, 1.54) is 6.92 Å². The maximum Gasteiger partial charge on any atom is 0.324 e. The molecule has 1 aliphatic heterocycles. The molecule has 1 N–H and O–H groups in total. The van der Waals surface area contributed by atoms with E-state index in [4.69, 9.17) is 5.26 Å². The molecule has 1 atom stereocenters. The molecule has 0 radical (unpaired) electrons. The van der Waals surface area contributed by atoms with Gasteiger partial charge in [-0.25, -0.2) is 12.8 Å². The molecule has 1 aromatic carbocycles. The molecule has 21 heavy (non-hydrogen) atoms. The van der Waals surface area contributed by atoms with Crippen molar-refractivity contribution in [3.8, 4) is 6.07 Å². The molecule has 8 heteroatoms. The highest BCUT2D eigenvalue weighted by molar-refractivity contribution is 7.89. The molecule has 112 valence electrons. The summed E-state index contributed by atoms with van der Waals surface area (Å²) in [5.41, 5.74) is -1.92. The molecule has 0 aromatic heterocycles. The zero-order valence-electron chi connectivity index (χ0n) is 11.2. The Morgan fingerprint density at radius 1 is 1.52 bits per heavy atom. The van der Waals surface area contributed by atoms with E-state index in [1.807, 2.05) is 0 Å². The van der Waals surface area contributed by atoms with Gasteiger partial charge in [-0.2, -0.15) is 9.57 Å². The van der Waals surface area contributed by atoms with E-state index in [-0.39, 0.29) is 17.9 Å². The van der Waals surface area contributed by atoms with Gasteiger partial charge in [0, 0.05) is 6.54 Å². The normalized spacial score (nSPS) is 22.9. The fourth-order valence-corrected chi connectivity index (χ4v) is 4.25. The van der Waals surface area contributed by atoms with Gasteiger partial charge < -0.3 is 5.11 Å². The first kappa shape index (κ1) is 15.4. The van der Waals surface area contributed by atoms with Crippen LogP contribution in [-0.4, -0.2) is 35.9 Å². The molecule has 6 nitrogen and oxygen atoms in total. The van der Waals surface area contributed by atoms with Crippen molar-refractivity contribution in [1.29, 1.82) is 5.26 Å². The van der Waals surface area contributed by atoms with Crippen LogP contribution in [0.3, 0.4) is 0 Å². The minimum atomic E-state index is -4.11. The Kier molecular flexibility index (Phi) is 3.74. The molecule has 1 heterocycles. The van der Waals surface area contributed by atoms with Crippen LogP contribution < -0.4 is 0 Å². The highest BCUT2D eigenvalue weighted by Gasteiger charge is 2.49. The fourth-order valence-electron chi connectivity index (χ4n) is 2.42. The van der Waals surface area contributed by atoms with Crippen molar-refractivity contribution in [2.75, 3.05) is 6.54 Å². The second kappa shape index (κ2) is 5.09. The van der Waals surface area contributed by atoms with Gasteiger partial charge in [-0.1, -0.05) is 0 Å². The van der Waals surface area contributed by atoms with Crippen LogP contribution in [0.1, 0.15) is 25.3 Å². The minimum absolute atomic E-state index is 0.0738. The van der Waals surface area contributed by atoms with Crippen molar-refractivity contribution in [1.82, 2.24) is 4.31 Å². The van der Waals surface area contributed by atoms with E-state index in [0.29, 0.717) is 6.42 Å². The van der Waals surface area contributed by atoms with Gasteiger partial charge in [0.25, 0.3) is 0 Å². The van der Waals surface area contributed by atoms with Crippen LogP contribution in [0.4, 0.5) is 4.39 Å².